The predicted octanol–water partition coefficient (Wildman–Crippen LogP) is 3.61. The minimum atomic E-state index is -0.950. The molecule has 1 aromatic heterocycles. The molecule has 0 fully saturated rings. The van der Waals surface area contributed by atoms with Gasteiger partial charge in [-0.25, -0.2) is 4.79 Å². The molecule has 1 heterocycles. The molecule has 0 saturated carbocycles. The zero-order valence-electron chi connectivity index (χ0n) is 12.3. The van der Waals surface area contributed by atoms with Crippen LogP contribution < -0.4 is 0 Å². The van der Waals surface area contributed by atoms with Crippen LogP contribution in [0, 0.1) is 6.92 Å². The van der Waals surface area contributed by atoms with Crippen LogP contribution in [0.15, 0.2) is 24.3 Å². The highest BCUT2D eigenvalue weighted by molar-refractivity contribution is 5.95. The Balaban J connectivity index is 2.49. The molecule has 0 amide bonds. The standard InChI is InChI=1S/C16H20N2O2/c1-5-10(2)12-6-8-13(9-7-12)14-11(3)17-18(4)15(14)16(19)20/h6-10H,5H2,1-4H3,(H,19,20). The quantitative estimate of drug-likeness (QED) is 0.925. The van der Waals surface area contributed by atoms with Gasteiger partial charge in [-0.3, -0.25) is 4.68 Å². The SMILES string of the molecule is CCC(C)c1ccc(-c2c(C)nn(C)c2C(=O)O)cc1. The van der Waals surface area contributed by atoms with Crippen LogP contribution >= 0.6 is 0 Å². The number of hydrogen-bond acceptors (Lipinski definition) is 2. The lowest BCUT2D eigenvalue weighted by Crippen LogP contribution is -2.06. The molecule has 20 heavy (non-hydrogen) atoms. The lowest BCUT2D eigenvalue weighted by molar-refractivity contribution is 0.0686. The van der Waals surface area contributed by atoms with Crippen LogP contribution in [0.5, 0.6) is 0 Å². The topological polar surface area (TPSA) is 55.1 Å². The Hall–Kier alpha value is -2.10. The van der Waals surface area contributed by atoms with E-state index >= 15 is 0 Å². The average molecular weight is 272 g/mol. The normalized spacial score (nSPS) is 12.4. The second-order valence-corrected chi connectivity index (χ2v) is 5.17. The highest BCUT2D eigenvalue weighted by atomic mass is 16.4. The maximum atomic E-state index is 11.4. The van der Waals surface area contributed by atoms with Gasteiger partial charge in [0.1, 0.15) is 0 Å². The summed E-state index contributed by atoms with van der Waals surface area (Å²) in [5, 5.41) is 13.6. The molecule has 2 rings (SSSR count). The van der Waals surface area contributed by atoms with Gasteiger partial charge in [0, 0.05) is 12.6 Å². The Morgan fingerprint density at radius 2 is 1.95 bits per heavy atom. The lowest BCUT2D eigenvalue weighted by Gasteiger charge is -2.10. The summed E-state index contributed by atoms with van der Waals surface area (Å²) in [4.78, 5) is 11.4. The van der Waals surface area contributed by atoms with Crippen molar-refractivity contribution in [3.05, 3.63) is 41.2 Å². The number of aromatic carboxylic acids is 1. The summed E-state index contributed by atoms with van der Waals surface area (Å²) in [6, 6.07) is 8.11. The highest BCUT2D eigenvalue weighted by Gasteiger charge is 2.20. The first-order chi connectivity index (χ1) is 9.45. The molecule has 0 radical (unpaired) electrons. The molecule has 2 aromatic rings. The largest absolute Gasteiger partial charge is 0.477 e. The molecule has 0 aliphatic heterocycles. The fraction of sp³-hybridized carbons (Fsp3) is 0.375. The summed E-state index contributed by atoms with van der Waals surface area (Å²) >= 11 is 0. The van der Waals surface area contributed by atoms with Crippen molar-refractivity contribution in [1.29, 1.82) is 0 Å². The van der Waals surface area contributed by atoms with Crippen molar-refractivity contribution in [3.63, 3.8) is 0 Å². The molecule has 1 atom stereocenters. The number of aromatic nitrogens is 2. The number of carboxylic acid groups (broad SMARTS) is 1. The molecule has 1 N–H and O–H groups in total. The van der Waals surface area contributed by atoms with Crippen LogP contribution in [0.4, 0.5) is 0 Å². The summed E-state index contributed by atoms with van der Waals surface area (Å²) < 4.78 is 1.43. The van der Waals surface area contributed by atoms with Crippen LogP contribution in [0.25, 0.3) is 11.1 Å². The molecule has 1 aromatic carbocycles. The fourth-order valence-corrected chi connectivity index (χ4v) is 2.46. The van der Waals surface area contributed by atoms with Crippen molar-refractivity contribution >= 4 is 5.97 Å². The third-order valence-corrected chi connectivity index (χ3v) is 3.81. The van der Waals surface area contributed by atoms with Gasteiger partial charge in [0.15, 0.2) is 5.69 Å². The van der Waals surface area contributed by atoms with Gasteiger partial charge in [-0.15, -0.1) is 0 Å². The molecule has 0 aliphatic rings. The first-order valence-corrected chi connectivity index (χ1v) is 6.82. The molecule has 0 spiro atoms. The van der Waals surface area contributed by atoms with E-state index in [2.05, 4.69) is 31.1 Å². The van der Waals surface area contributed by atoms with Gasteiger partial charge < -0.3 is 5.11 Å². The van der Waals surface area contributed by atoms with Crippen molar-refractivity contribution < 1.29 is 9.90 Å². The average Bonchev–Trinajstić information content (AvgIpc) is 2.72. The van der Waals surface area contributed by atoms with Gasteiger partial charge in [-0.05, 0) is 30.4 Å². The summed E-state index contributed by atoms with van der Waals surface area (Å²) in [6.45, 7) is 6.18. The van der Waals surface area contributed by atoms with Crippen molar-refractivity contribution in [2.75, 3.05) is 0 Å². The Kier molecular flexibility index (Phi) is 3.93. The van der Waals surface area contributed by atoms with E-state index in [1.165, 1.54) is 10.2 Å². The van der Waals surface area contributed by atoms with Crippen molar-refractivity contribution in [2.24, 2.45) is 7.05 Å². The monoisotopic (exact) mass is 272 g/mol. The molecular weight excluding hydrogens is 252 g/mol. The Morgan fingerprint density at radius 1 is 1.35 bits per heavy atom. The second-order valence-electron chi connectivity index (χ2n) is 5.17. The summed E-state index contributed by atoms with van der Waals surface area (Å²) in [5.41, 5.74) is 3.85. The maximum Gasteiger partial charge on any atom is 0.354 e. The number of carboxylic acids is 1. The minimum Gasteiger partial charge on any atom is -0.477 e. The van der Waals surface area contributed by atoms with Crippen LogP contribution in [0.3, 0.4) is 0 Å². The second kappa shape index (κ2) is 5.49. The number of rotatable bonds is 4. The third-order valence-electron chi connectivity index (χ3n) is 3.81. The van der Waals surface area contributed by atoms with E-state index in [1.807, 2.05) is 19.1 Å². The molecule has 106 valence electrons. The van der Waals surface area contributed by atoms with Gasteiger partial charge in [-0.2, -0.15) is 5.10 Å². The zero-order valence-corrected chi connectivity index (χ0v) is 12.3. The van der Waals surface area contributed by atoms with E-state index in [0.29, 0.717) is 11.5 Å². The number of hydrogen-bond donors (Lipinski definition) is 1. The summed E-state index contributed by atoms with van der Waals surface area (Å²) in [5.74, 6) is -0.438. The summed E-state index contributed by atoms with van der Waals surface area (Å²) in [6.07, 6.45) is 1.09. The van der Waals surface area contributed by atoms with Crippen molar-refractivity contribution in [3.8, 4) is 11.1 Å². The van der Waals surface area contributed by atoms with E-state index in [0.717, 1.165) is 17.7 Å². The van der Waals surface area contributed by atoms with Gasteiger partial charge in [0.05, 0.1) is 5.69 Å². The smallest absolute Gasteiger partial charge is 0.354 e. The molecule has 1 unspecified atom stereocenters. The minimum absolute atomic E-state index is 0.235. The number of nitrogens with zero attached hydrogens (tertiary/aromatic N) is 2. The number of carbonyl (C=O) groups is 1. The maximum absolute atomic E-state index is 11.4. The van der Waals surface area contributed by atoms with E-state index < -0.39 is 5.97 Å². The van der Waals surface area contributed by atoms with Crippen LogP contribution in [0.2, 0.25) is 0 Å². The van der Waals surface area contributed by atoms with E-state index in [1.54, 1.807) is 7.05 Å². The van der Waals surface area contributed by atoms with Gasteiger partial charge in [0.2, 0.25) is 0 Å². The highest BCUT2D eigenvalue weighted by Crippen LogP contribution is 2.29. The predicted molar refractivity (Wildman–Crippen MR) is 79.0 cm³/mol. The lowest BCUT2D eigenvalue weighted by atomic mass is 9.95. The van der Waals surface area contributed by atoms with Crippen LogP contribution in [0.1, 0.15) is 47.9 Å². The number of benzene rings is 1. The van der Waals surface area contributed by atoms with E-state index in [4.69, 9.17) is 0 Å². The van der Waals surface area contributed by atoms with Gasteiger partial charge >= 0.3 is 5.97 Å². The van der Waals surface area contributed by atoms with Crippen molar-refractivity contribution in [1.82, 2.24) is 9.78 Å². The van der Waals surface area contributed by atoms with Crippen LogP contribution in [-0.2, 0) is 7.05 Å². The molecule has 0 bridgehead atoms. The van der Waals surface area contributed by atoms with E-state index in [9.17, 15) is 9.90 Å². The molecule has 0 saturated heterocycles. The van der Waals surface area contributed by atoms with Gasteiger partial charge in [0.25, 0.3) is 0 Å². The Bertz CT molecular complexity index is 627. The molecule has 4 heteroatoms. The van der Waals surface area contributed by atoms with Gasteiger partial charge in [-0.1, -0.05) is 38.1 Å². The third kappa shape index (κ3) is 2.46. The zero-order chi connectivity index (χ0) is 14.9. The Labute approximate surface area is 119 Å². The molecule has 4 nitrogen and oxygen atoms in total. The fourth-order valence-electron chi connectivity index (χ4n) is 2.46. The molecular formula is C16H20N2O2. The molecule has 0 aliphatic carbocycles. The number of aryl methyl sites for hydroxylation is 2. The Morgan fingerprint density at radius 3 is 2.45 bits per heavy atom. The van der Waals surface area contributed by atoms with Crippen molar-refractivity contribution in [2.45, 2.75) is 33.1 Å². The first-order valence-electron chi connectivity index (χ1n) is 6.82. The van der Waals surface area contributed by atoms with E-state index in [-0.39, 0.29) is 5.69 Å². The summed E-state index contributed by atoms with van der Waals surface area (Å²) in [7, 11) is 1.66. The first kappa shape index (κ1) is 14.3. The van der Waals surface area contributed by atoms with Crippen LogP contribution in [-0.4, -0.2) is 20.9 Å².